The van der Waals surface area contributed by atoms with Gasteiger partial charge in [-0.15, -0.1) is 0 Å². The van der Waals surface area contributed by atoms with Crippen molar-refractivity contribution < 1.29 is 22.6 Å². The van der Waals surface area contributed by atoms with Gasteiger partial charge in [0.1, 0.15) is 23.9 Å². The summed E-state index contributed by atoms with van der Waals surface area (Å²) in [6, 6.07) is 16.5. The van der Waals surface area contributed by atoms with Crippen molar-refractivity contribution in [2.75, 3.05) is 6.61 Å². The van der Waals surface area contributed by atoms with Crippen molar-refractivity contribution in [3.05, 3.63) is 66.6 Å². The van der Waals surface area contributed by atoms with E-state index in [1.807, 2.05) is 42.5 Å². The van der Waals surface area contributed by atoms with Gasteiger partial charge in [0, 0.05) is 18.2 Å². The van der Waals surface area contributed by atoms with Gasteiger partial charge in [0.15, 0.2) is 0 Å². The molecule has 142 valence electrons. The minimum Gasteiger partial charge on any atom is -0.494 e. The van der Waals surface area contributed by atoms with Gasteiger partial charge >= 0.3 is 6.18 Å². The van der Waals surface area contributed by atoms with Crippen LogP contribution >= 0.6 is 0 Å². The van der Waals surface area contributed by atoms with E-state index in [0.29, 0.717) is 18.2 Å². The van der Waals surface area contributed by atoms with E-state index < -0.39 is 12.6 Å². The van der Waals surface area contributed by atoms with E-state index in [1.165, 1.54) is 0 Å². The average molecular weight is 376 g/mol. The van der Waals surface area contributed by atoms with Crippen LogP contribution in [0.5, 0.6) is 11.5 Å². The number of nitrogens with one attached hydrogen (secondary N) is 1. The standard InChI is InChI=1S/C20H19F3N2O2/c21-20(22,23)11-4-12-26-17-9-7-15(8-10-17)18-13-24-19(25-18)14-27-16-5-2-1-3-6-16/h1-3,5-10,13H,4,11-12,14H2,(H,24,25). The summed E-state index contributed by atoms with van der Waals surface area (Å²) in [5.74, 6) is 1.99. The number of alkyl halides is 3. The molecule has 1 aromatic heterocycles. The Balaban J connectivity index is 1.51. The number of nitrogens with zero attached hydrogens (tertiary/aromatic N) is 1. The van der Waals surface area contributed by atoms with Gasteiger partial charge in [-0.05, 0) is 42.8 Å². The first-order chi connectivity index (χ1) is 13.0. The largest absolute Gasteiger partial charge is 0.494 e. The third-order valence-electron chi connectivity index (χ3n) is 3.77. The highest BCUT2D eigenvalue weighted by Gasteiger charge is 2.26. The van der Waals surface area contributed by atoms with E-state index in [4.69, 9.17) is 9.47 Å². The van der Waals surface area contributed by atoms with Crippen LogP contribution in [0.1, 0.15) is 18.7 Å². The molecule has 0 amide bonds. The first kappa shape index (κ1) is 18.8. The number of para-hydroxylation sites is 1. The van der Waals surface area contributed by atoms with Crippen molar-refractivity contribution in [2.24, 2.45) is 0 Å². The maximum absolute atomic E-state index is 12.1. The molecule has 0 fully saturated rings. The summed E-state index contributed by atoms with van der Waals surface area (Å²) in [5, 5.41) is 0. The SMILES string of the molecule is FC(F)(F)CCCOc1ccc(-c2c[nH]c(COc3ccccc3)n2)cc1. The molecule has 0 spiro atoms. The van der Waals surface area contributed by atoms with Gasteiger partial charge in [-0.25, -0.2) is 4.98 Å². The van der Waals surface area contributed by atoms with Crippen molar-refractivity contribution in [1.29, 1.82) is 0 Å². The molecule has 0 unspecified atom stereocenters. The van der Waals surface area contributed by atoms with Crippen molar-refractivity contribution in [2.45, 2.75) is 25.6 Å². The number of imidazole rings is 1. The minimum atomic E-state index is -4.14. The molecule has 0 aliphatic rings. The zero-order valence-electron chi connectivity index (χ0n) is 14.5. The van der Waals surface area contributed by atoms with Gasteiger partial charge in [0.05, 0.1) is 12.3 Å². The summed E-state index contributed by atoms with van der Waals surface area (Å²) in [7, 11) is 0. The van der Waals surface area contributed by atoms with Crippen LogP contribution in [-0.4, -0.2) is 22.8 Å². The van der Waals surface area contributed by atoms with Crippen LogP contribution < -0.4 is 9.47 Å². The Hall–Kier alpha value is -2.96. The molecular weight excluding hydrogens is 357 g/mol. The topological polar surface area (TPSA) is 47.1 Å². The molecule has 0 saturated carbocycles. The number of halogens is 3. The van der Waals surface area contributed by atoms with E-state index in [-0.39, 0.29) is 13.0 Å². The van der Waals surface area contributed by atoms with Gasteiger partial charge in [-0.3, -0.25) is 0 Å². The first-order valence-corrected chi connectivity index (χ1v) is 8.52. The molecular formula is C20H19F3N2O2. The molecule has 3 aromatic rings. The van der Waals surface area contributed by atoms with Crippen LogP contribution in [0.15, 0.2) is 60.8 Å². The Kier molecular flexibility index (Phi) is 6.01. The molecule has 0 radical (unpaired) electrons. The highest BCUT2D eigenvalue weighted by molar-refractivity contribution is 5.59. The highest BCUT2D eigenvalue weighted by Crippen LogP contribution is 2.23. The predicted octanol–water partition coefficient (Wildman–Crippen LogP) is 5.38. The summed E-state index contributed by atoms with van der Waals surface area (Å²) in [6.07, 6.45) is -3.26. The normalized spacial score (nSPS) is 11.4. The lowest BCUT2D eigenvalue weighted by Gasteiger charge is -2.08. The zero-order chi connectivity index (χ0) is 19.1. The molecule has 0 aliphatic carbocycles. The molecule has 1 N–H and O–H groups in total. The molecule has 7 heteroatoms. The fraction of sp³-hybridized carbons (Fsp3) is 0.250. The Labute approximate surface area is 155 Å². The Morgan fingerprint density at radius 3 is 2.30 bits per heavy atom. The van der Waals surface area contributed by atoms with Crippen LogP contribution in [0.2, 0.25) is 0 Å². The zero-order valence-corrected chi connectivity index (χ0v) is 14.5. The summed E-state index contributed by atoms with van der Waals surface area (Å²) >= 11 is 0. The lowest BCUT2D eigenvalue weighted by Crippen LogP contribution is -2.09. The third-order valence-corrected chi connectivity index (χ3v) is 3.77. The molecule has 27 heavy (non-hydrogen) atoms. The van der Waals surface area contributed by atoms with Gasteiger partial charge in [-0.1, -0.05) is 18.2 Å². The van der Waals surface area contributed by atoms with Crippen LogP contribution in [0.3, 0.4) is 0 Å². The van der Waals surface area contributed by atoms with Crippen LogP contribution in [0.4, 0.5) is 13.2 Å². The van der Waals surface area contributed by atoms with Crippen LogP contribution in [0, 0.1) is 0 Å². The molecule has 0 atom stereocenters. The summed E-state index contributed by atoms with van der Waals surface area (Å²) in [4.78, 5) is 7.55. The predicted molar refractivity (Wildman–Crippen MR) is 95.6 cm³/mol. The van der Waals surface area contributed by atoms with Crippen LogP contribution in [0.25, 0.3) is 11.3 Å². The van der Waals surface area contributed by atoms with E-state index in [9.17, 15) is 13.2 Å². The number of rotatable bonds is 8. The van der Waals surface area contributed by atoms with E-state index in [0.717, 1.165) is 17.0 Å². The maximum atomic E-state index is 12.1. The molecule has 2 aromatic carbocycles. The number of H-pyrrole nitrogens is 1. The number of hydrogen-bond donors (Lipinski definition) is 1. The lowest BCUT2D eigenvalue weighted by atomic mass is 10.2. The lowest BCUT2D eigenvalue weighted by molar-refractivity contribution is -0.136. The molecule has 0 aliphatic heterocycles. The number of aromatic amines is 1. The van der Waals surface area contributed by atoms with E-state index >= 15 is 0 Å². The summed E-state index contributed by atoms with van der Waals surface area (Å²) in [5.41, 5.74) is 1.63. The van der Waals surface area contributed by atoms with Gasteiger partial charge in [0.2, 0.25) is 0 Å². The summed E-state index contributed by atoms with van der Waals surface area (Å²) < 4.78 is 47.3. The van der Waals surface area contributed by atoms with E-state index in [1.54, 1.807) is 18.3 Å². The second-order valence-corrected chi connectivity index (χ2v) is 5.93. The van der Waals surface area contributed by atoms with Gasteiger partial charge < -0.3 is 14.5 Å². The monoisotopic (exact) mass is 376 g/mol. The average Bonchev–Trinajstić information content (AvgIpc) is 3.13. The van der Waals surface area contributed by atoms with Crippen molar-refractivity contribution in [3.8, 4) is 22.8 Å². The molecule has 0 saturated heterocycles. The molecule has 4 nitrogen and oxygen atoms in total. The number of benzene rings is 2. The Morgan fingerprint density at radius 2 is 1.59 bits per heavy atom. The smallest absolute Gasteiger partial charge is 0.389 e. The van der Waals surface area contributed by atoms with Crippen molar-refractivity contribution in [1.82, 2.24) is 9.97 Å². The molecule has 1 heterocycles. The second kappa shape index (κ2) is 8.62. The first-order valence-electron chi connectivity index (χ1n) is 8.52. The summed E-state index contributed by atoms with van der Waals surface area (Å²) in [6.45, 7) is 0.354. The Bertz CT molecular complexity index is 830. The fourth-order valence-corrected chi connectivity index (χ4v) is 2.44. The number of hydrogen-bond acceptors (Lipinski definition) is 3. The van der Waals surface area contributed by atoms with Crippen molar-refractivity contribution >= 4 is 0 Å². The third kappa shape index (κ3) is 6.06. The maximum Gasteiger partial charge on any atom is 0.389 e. The number of ether oxygens (including phenoxy) is 2. The van der Waals surface area contributed by atoms with Gasteiger partial charge in [-0.2, -0.15) is 13.2 Å². The van der Waals surface area contributed by atoms with Crippen molar-refractivity contribution in [3.63, 3.8) is 0 Å². The van der Waals surface area contributed by atoms with Gasteiger partial charge in [0.25, 0.3) is 0 Å². The molecule has 3 rings (SSSR count). The number of aromatic nitrogens is 2. The second-order valence-electron chi connectivity index (χ2n) is 5.93. The van der Waals surface area contributed by atoms with E-state index in [2.05, 4.69) is 9.97 Å². The minimum absolute atomic E-state index is 0.0300. The quantitative estimate of drug-likeness (QED) is 0.537. The van der Waals surface area contributed by atoms with Crippen LogP contribution in [-0.2, 0) is 6.61 Å². The fourth-order valence-electron chi connectivity index (χ4n) is 2.44. The Morgan fingerprint density at radius 1 is 0.889 bits per heavy atom. The highest BCUT2D eigenvalue weighted by atomic mass is 19.4. The molecule has 0 bridgehead atoms.